The van der Waals surface area contributed by atoms with Crippen LogP contribution in [0.25, 0.3) is 0 Å². The summed E-state index contributed by atoms with van der Waals surface area (Å²) in [4.78, 5) is 22.8. The van der Waals surface area contributed by atoms with E-state index in [4.69, 9.17) is 28.9 Å². The van der Waals surface area contributed by atoms with E-state index in [1.165, 1.54) is 12.1 Å². The maximum Gasteiger partial charge on any atom is 0.323 e. The predicted molar refractivity (Wildman–Crippen MR) is 84.1 cm³/mol. The van der Waals surface area contributed by atoms with Gasteiger partial charge in [0.25, 0.3) is 0 Å². The van der Waals surface area contributed by atoms with Crippen molar-refractivity contribution in [2.24, 2.45) is 5.73 Å². The SMILES string of the molecule is NC(=O)c1ccc(NC(=O)Nc2c(Cl)cccc2Cl)cc1. The number of hydrogen-bond acceptors (Lipinski definition) is 2. The van der Waals surface area contributed by atoms with Crippen LogP contribution in [0.5, 0.6) is 0 Å². The van der Waals surface area contributed by atoms with Crippen LogP contribution < -0.4 is 16.4 Å². The van der Waals surface area contributed by atoms with E-state index < -0.39 is 11.9 Å². The minimum absolute atomic E-state index is 0.326. The minimum Gasteiger partial charge on any atom is -0.366 e. The van der Waals surface area contributed by atoms with Gasteiger partial charge in [0.1, 0.15) is 0 Å². The van der Waals surface area contributed by atoms with E-state index >= 15 is 0 Å². The highest BCUT2D eigenvalue weighted by Crippen LogP contribution is 2.29. The molecule has 3 amide bonds. The average Bonchev–Trinajstić information content (AvgIpc) is 2.43. The van der Waals surface area contributed by atoms with E-state index in [1.807, 2.05) is 0 Å². The number of benzene rings is 2. The zero-order valence-electron chi connectivity index (χ0n) is 10.7. The Morgan fingerprint density at radius 2 is 1.48 bits per heavy atom. The van der Waals surface area contributed by atoms with Crippen LogP contribution in [0.3, 0.4) is 0 Å². The number of primary amides is 1. The molecule has 4 N–H and O–H groups in total. The molecule has 0 fully saturated rings. The van der Waals surface area contributed by atoms with Crippen LogP contribution in [-0.2, 0) is 0 Å². The first-order valence-corrected chi connectivity index (χ1v) is 6.65. The Bertz CT molecular complexity index is 667. The highest BCUT2D eigenvalue weighted by Gasteiger charge is 2.09. The van der Waals surface area contributed by atoms with Crippen molar-refractivity contribution in [1.82, 2.24) is 0 Å². The first-order valence-electron chi connectivity index (χ1n) is 5.89. The van der Waals surface area contributed by atoms with Gasteiger partial charge in [0.15, 0.2) is 0 Å². The molecule has 21 heavy (non-hydrogen) atoms. The van der Waals surface area contributed by atoms with E-state index in [2.05, 4.69) is 10.6 Å². The van der Waals surface area contributed by atoms with Gasteiger partial charge in [-0.1, -0.05) is 29.3 Å². The maximum atomic E-state index is 11.9. The van der Waals surface area contributed by atoms with Gasteiger partial charge in [0, 0.05) is 11.3 Å². The molecular formula is C14H11Cl2N3O2. The zero-order chi connectivity index (χ0) is 15.4. The van der Waals surface area contributed by atoms with Crippen LogP contribution in [0.4, 0.5) is 16.2 Å². The Kier molecular flexibility index (Phi) is 4.67. The fourth-order valence-corrected chi connectivity index (χ4v) is 2.10. The quantitative estimate of drug-likeness (QED) is 0.803. The minimum atomic E-state index is -0.533. The fraction of sp³-hybridized carbons (Fsp3) is 0. The van der Waals surface area contributed by atoms with E-state index in [0.29, 0.717) is 27.0 Å². The first-order chi connectivity index (χ1) is 9.97. The molecule has 5 nitrogen and oxygen atoms in total. The van der Waals surface area contributed by atoms with Crippen LogP contribution in [0.15, 0.2) is 42.5 Å². The van der Waals surface area contributed by atoms with Crippen molar-refractivity contribution in [1.29, 1.82) is 0 Å². The van der Waals surface area contributed by atoms with Gasteiger partial charge in [-0.25, -0.2) is 4.79 Å². The van der Waals surface area contributed by atoms with Crippen LogP contribution in [0, 0.1) is 0 Å². The summed E-state index contributed by atoms with van der Waals surface area (Å²) in [7, 11) is 0. The van der Waals surface area contributed by atoms with Gasteiger partial charge in [0.2, 0.25) is 5.91 Å². The van der Waals surface area contributed by atoms with Gasteiger partial charge in [-0.15, -0.1) is 0 Å². The molecule has 0 radical (unpaired) electrons. The summed E-state index contributed by atoms with van der Waals surface area (Å²) in [6.07, 6.45) is 0. The number of amides is 3. The lowest BCUT2D eigenvalue weighted by Crippen LogP contribution is -2.20. The van der Waals surface area contributed by atoms with E-state index in [-0.39, 0.29) is 0 Å². The van der Waals surface area contributed by atoms with Gasteiger partial charge < -0.3 is 16.4 Å². The highest BCUT2D eigenvalue weighted by atomic mass is 35.5. The molecular weight excluding hydrogens is 313 g/mol. The molecule has 0 atom stereocenters. The summed E-state index contributed by atoms with van der Waals surface area (Å²) >= 11 is 11.9. The largest absolute Gasteiger partial charge is 0.366 e. The normalized spacial score (nSPS) is 10.0. The topological polar surface area (TPSA) is 84.2 Å². The Balaban J connectivity index is 2.06. The van der Waals surface area contributed by atoms with E-state index in [9.17, 15) is 9.59 Å². The summed E-state index contributed by atoms with van der Waals surface area (Å²) in [5, 5.41) is 5.82. The number of hydrogen-bond donors (Lipinski definition) is 3. The van der Waals surface area contributed by atoms with Crippen molar-refractivity contribution < 1.29 is 9.59 Å². The van der Waals surface area contributed by atoms with E-state index in [1.54, 1.807) is 30.3 Å². The molecule has 0 bridgehead atoms. The summed E-state index contributed by atoms with van der Waals surface area (Å²) in [5.74, 6) is -0.533. The molecule has 2 aromatic rings. The lowest BCUT2D eigenvalue weighted by Gasteiger charge is -2.10. The van der Waals surface area contributed by atoms with Crippen LogP contribution >= 0.6 is 23.2 Å². The summed E-state index contributed by atoms with van der Waals surface area (Å²) in [5.41, 5.74) is 6.32. The van der Waals surface area contributed by atoms with Gasteiger partial charge in [-0.05, 0) is 36.4 Å². The molecule has 0 heterocycles. The Labute approximate surface area is 131 Å². The average molecular weight is 324 g/mol. The standard InChI is InChI=1S/C14H11Cl2N3O2/c15-10-2-1-3-11(16)12(10)19-14(21)18-9-6-4-8(5-7-9)13(17)20/h1-7H,(H2,17,20)(H2,18,19,21). The monoisotopic (exact) mass is 323 g/mol. The van der Waals surface area contributed by atoms with Crippen molar-refractivity contribution >= 4 is 46.5 Å². The number of carbonyl (C=O) groups is 2. The van der Waals surface area contributed by atoms with Gasteiger partial charge >= 0.3 is 6.03 Å². The van der Waals surface area contributed by atoms with Gasteiger partial charge in [-0.2, -0.15) is 0 Å². The number of anilines is 2. The fourth-order valence-electron chi connectivity index (χ4n) is 1.61. The summed E-state index contributed by atoms with van der Waals surface area (Å²) in [6.45, 7) is 0. The molecule has 0 spiro atoms. The van der Waals surface area contributed by atoms with Gasteiger partial charge in [0.05, 0.1) is 15.7 Å². The molecule has 0 unspecified atom stereocenters. The highest BCUT2D eigenvalue weighted by molar-refractivity contribution is 6.39. The second kappa shape index (κ2) is 6.47. The number of halogens is 2. The van der Waals surface area contributed by atoms with Crippen LogP contribution in [0.1, 0.15) is 10.4 Å². The smallest absolute Gasteiger partial charge is 0.323 e. The number of carbonyl (C=O) groups excluding carboxylic acids is 2. The van der Waals surface area contributed by atoms with Crippen LogP contribution in [-0.4, -0.2) is 11.9 Å². The van der Waals surface area contributed by atoms with Crippen molar-refractivity contribution in [3.05, 3.63) is 58.1 Å². The first kappa shape index (κ1) is 15.2. The molecule has 0 aliphatic heterocycles. The molecule has 7 heteroatoms. The summed E-state index contributed by atoms with van der Waals surface area (Å²) in [6, 6.07) is 10.6. The third-order valence-electron chi connectivity index (χ3n) is 2.63. The van der Waals surface area contributed by atoms with Crippen LogP contribution in [0.2, 0.25) is 10.0 Å². The molecule has 0 aliphatic rings. The number of urea groups is 1. The second-order valence-corrected chi connectivity index (χ2v) is 4.93. The number of nitrogens with one attached hydrogen (secondary N) is 2. The van der Waals surface area contributed by atoms with Crippen molar-refractivity contribution in [2.75, 3.05) is 10.6 Å². The van der Waals surface area contributed by atoms with E-state index in [0.717, 1.165) is 0 Å². The molecule has 108 valence electrons. The molecule has 0 saturated heterocycles. The number of rotatable bonds is 3. The Morgan fingerprint density at radius 1 is 0.905 bits per heavy atom. The number of nitrogens with two attached hydrogens (primary N) is 1. The van der Waals surface area contributed by atoms with Crippen molar-refractivity contribution in [3.8, 4) is 0 Å². The van der Waals surface area contributed by atoms with Crippen molar-refractivity contribution in [2.45, 2.75) is 0 Å². The third-order valence-corrected chi connectivity index (χ3v) is 3.26. The lowest BCUT2D eigenvalue weighted by atomic mass is 10.2. The van der Waals surface area contributed by atoms with Gasteiger partial charge in [-0.3, -0.25) is 4.79 Å². The summed E-state index contributed by atoms with van der Waals surface area (Å²) < 4.78 is 0. The maximum absolute atomic E-state index is 11.9. The molecule has 2 aromatic carbocycles. The molecule has 0 saturated carbocycles. The zero-order valence-corrected chi connectivity index (χ0v) is 12.2. The lowest BCUT2D eigenvalue weighted by molar-refractivity contribution is 0.100. The Hall–Kier alpha value is -2.24. The second-order valence-electron chi connectivity index (χ2n) is 4.12. The Morgan fingerprint density at radius 3 is 2.00 bits per heavy atom. The predicted octanol–water partition coefficient (Wildman–Crippen LogP) is 3.74. The third kappa shape index (κ3) is 3.87. The molecule has 0 aromatic heterocycles. The number of para-hydroxylation sites is 1. The molecule has 2 rings (SSSR count). The molecule has 0 aliphatic carbocycles. The van der Waals surface area contributed by atoms with Crippen molar-refractivity contribution in [3.63, 3.8) is 0 Å².